The molecule has 0 radical (unpaired) electrons. The van der Waals surface area contributed by atoms with Crippen molar-refractivity contribution in [1.29, 1.82) is 5.26 Å². The van der Waals surface area contributed by atoms with Crippen molar-refractivity contribution in [3.8, 4) is 23.3 Å². The molecule has 0 bridgehead atoms. The maximum Gasteiger partial charge on any atom is 0.171 e. The number of methoxy groups -OCH3 is 1. The Morgan fingerprint density at radius 2 is 2.00 bits per heavy atom. The van der Waals surface area contributed by atoms with Crippen LogP contribution >= 0.6 is 11.8 Å². The highest BCUT2D eigenvalue weighted by atomic mass is 32.2. The number of nitrogens with two attached hydrogens (primary N) is 1. The average molecular weight is 300 g/mol. The Hall–Kier alpha value is -2.32. The van der Waals surface area contributed by atoms with Gasteiger partial charge in [0.05, 0.1) is 7.11 Å². The van der Waals surface area contributed by atoms with Crippen LogP contribution in [-0.2, 0) is 0 Å². The van der Waals surface area contributed by atoms with E-state index in [9.17, 15) is 5.26 Å². The summed E-state index contributed by atoms with van der Waals surface area (Å²) in [6.07, 6.45) is 0. The molecule has 0 aromatic heterocycles. The van der Waals surface area contributed by atoms with Gasteiger partial charge in [0.1, 0.15) is 17.4 Å². The van der Waals surface area contributed by atoms with Gasteiger partial charge >= 0.3 is 0 Å². The van der Waals surface area contributed by atoms with Crippen LogP contribution in [0.3, 0.4) is 0 Å². The van der Waals surface area contributed by atoms with Gasteiger partial charge in [-0.1, -0.05) is 13.0 Å². The number of nitrogens with zero attached hydrogens (tertiary/aromatic N) is 1. The van der Waals surface area contributed by atoms with E-state index in [1.165, 1.54) is 0 Å². The normalized spacial score (nSPS) is 9.95. The zero-order valence-electron chi connectivity index (χ0n) is 11.9. The van der Waals surface area contributed by atoms with Gasteiger partial charge in [-0.3, -0.25) is 0 Å². The lowest BCUT2D eigenvalue weighted by Gasteiger charge is -2.13. The fourth-order valence-electron chi connectivity index (χ4n) is 1.87. The van der Waals surface area contributed by atoms with Crippen LogP contribution in [0.1, 0.15) is 12.5 Å². The molecule has 5 heteroatoms. The van der Waals surface area contributed by atoms with Crippen LogP contribution in [0.4, 0.5) is 5.69 Å². The van der Waals surface area contributed by atoms with Crippen LogP contribution in [0.5, 0.6) is 17.2 Å². The molecule has 0 aliphatic rings. The smallest absolute Gasteiger partial charge is 0.171 e. The van der Waals surface area contributed by atoms with Gasteiger partial charge in [0.25, 0.3) is 0 Å². The topological polar surface area (TPSA) is 68.3 Å². The molecular formula is C16H16N2O2S. The minimum absolute atomic E-state index is 0.493. The van der Waals surface area contributed by atoms with Gasteiger partial charge in [-0.15, -0.1) is 11.8 Å². The molecule has 2 aromatic carbocycles. The van der Waals surface area contributed by atoms with E-state index in [4.69, 9.17) is 15.2 Å². The summed E-state index contributed by atoms with van der Waals surface area (Å²) < 4.78 is 11.1. The second kappa shape index (κ2) is 6.91. The van der Waals surface area contributed by atoms with Crippen LogP contribution in [0.25, 0.3) is 0 Å². The quantitative estimate of drug-likeness (QED) is 0.666. The molecule has 0 unspecified atom stereocenters. The number of hydrogen-bond donors (Lipinski definition) is 1. The van der Waals surface area contributed by atoms with E-state index < -0.39 is 0 Å². The van der Waals surface area contributed by atoms with Crippen molar-refractivity contribution in [3.63, 3.8) is 0 Å². The molecule has 0 atom stereocenters. The maximum absolute atomic E-state index is 9.39. The van der Waals surface area contributed by atoms with Crippen LogP contribution in [0.15, 0.2) is 41.3 Å². The Morgan fingerprint density at radius 3 is 2.67 bits per heavy atom. The molecule has 108 valence electrons. The Bertz CT molecular complexity index is 680. The largest absolute Gasteiger partial charge is 0.493 e. The third kappa shape index (κ3) is 3.41. The summed E-state index contributed by atoms with van der Waals surface area (Å²) >= 11 is 1.61. The molecular weight excluding hydrogens is 284 g/mol. The van der Waals surface area contributed by atoms with Crippen molar-refractivity contribution in [2.24, 2.45) is 0 Å². The maximum atomic E-state index is 9.39. The van der Waals surface area contributed by atoms with Crippen LogP contribution in [0.2, 0.25) is 0 Å². The fraction of sp³-hybridized carbons (Fsp3) is 0.188. The van der Waals surface area contributed by atoms with Gasteiger partial charge in [0.2, 0.25) is 0 Å². The Kier molecular flexibility index (Phi) is 4.96. The molecule has 21 heavy (non-hydrogen) atoms. The van der Waals surface area contributed by atoms with Gasteiger partial charge in [-0.2, -0.15) is 5.26 Å². The van der Waals surface area contributed by atoms with E-state index in [0.717, 1.165) is 10.6 Å². The minimum Gasteiger partial charge on any atom is -0.493 e. The first-order chi connectivity index (χ1) is 10.2. The third-order valence-corrected chi connectivity index (χ3v) is 3.75. The molecule has 2 rings (SSSR count). The number of anilines is 1. The van der Waals surface area contributed by atoms with Crippen molar-refractivity contribution < 1.29 is 9.47 Å². The second-order valence-corrected chi connectivity index (χ2v) is 5.49. The molecule has 4 nitrogen and oxygen atoms in total. The van der Waals surface area contributed by atoms with Crippen LogP contribution < -0.4 is 15.2 Å². The van der Waals surface area contributed by atoms with E-state index in [2.05, 4.69) is 6.07 Å². The number of thioether (sulfide) groups is 1. The summed E-state index contributed by atoms with van der Waals surface area (Å²) in [5.41, 5.74) is 6.87. The van der Waals surface area contributed by atoms with Crippen molar-refractivity contribution in [1.82, 2.24) is 0 Å². The standard InChI is InChI=1S/C16H16N2O2S/c1-3-21-16-6-4-5-13(12(16)10-17)20-15-9-11(18)7-8-14(15)19-2/h4-9H,3,18H2,1-2H3. The zero-order chi connectivity index (χ0) is 15.2. The molecule has 2 N–H and O–H groups in total. The number of hydrogen-bond acceptors (Lipinski definition) is 5. The molecule has 2 aromatic rings. The monoisotopic (exact) mass is 300 g/mol. The van der Waals surface area contributed by atoms with E-state index in [-0.39, 0.29) is 0 Å². The van der Waals surface area contributed by atoms with Crippen LogP contribution in [-0.4, -0.2) is 12.9 Å². The molecule has 0 heterocycles. The van der Waals surface area contributed by atoms with Gasteiger partial charge in [-0.25, -0.2) is 0 Å². The summed E-state index contributed by atoms with van der Waals surface area (Å²) in [5.74, 6) is 2.45. The Labute approximate surface area is 128 Å². The van der Waals surface area contributed by atoms with Gasteiger partial charge in [0.15, 0.2) is 11.5 Å². The fourth-order valence-corrected chi connectivity index (χ4v) is 2.65. The molecule has 0 saturated heterocycles. The highest BCUT2D eigenvalue weighted by Crippen LogP contribution is 2.37. The highest BCUT2D eigenvalue weighted by Gasteiger charge is 2.13. The summed E-state index contributed by atoms with van der Waals surface area (Å²) in [4.78, 5) is 0.903. The first kappa shape index (κ1) is 15.1. The third-order valence-electron chi connectivity index (χ3n) is 2.81. The van der Waals surface area contributed by atoms with Crippen molar-refractivity contribution in [2.75, 3.05) is 18.6 Å². The summed E-state index contributed by atoms with van der Waals surface area (Å²) in [6, 6.07) is 12.9. The SMILES string of the molecule is CCSc1cccc(Oc2cc(N)ccc2OC)c1C#N. The van der Waals surface area contributed by atoms with Crippen molar-refractivity contribution in [3.05, 3.63) is 42.0 Å². The first-order valence-corrected chi connectivity index (χ1v) is 7.45. The lowest BCUT2D eigenvalue weighted by Crippen LogP contribution is -1.95. The van der Waals surface area contributed by atoms with Crippen LogP contribution in [0, 0.1) is 11.3 Å². The molecule has 0 aliphatic heterocycles. The summed E-state index contributed by atoms with van der Waals surface area (Å²) in [7, 11) is 1.56. The predicted octanol–water partition coefficient (Wildman–Crippen LogP) is 4.05. The van der Waals surface area contributed by atoms with E-state index >= 15 is 0 Å². The van der Waals surface area contributed by atoms with E-state index in [0.29, 0.717) is 28.5 Å². The minimum atomic E-state index is 0.493. The second-order valence-electron chi connectivity index (χ2n) is 4.19. The predicted molar refractivity (Wildman–Crippen MR) is 85.0 cm³/mol. The summed E-state index contributed by atoms with van der Waals surface area (Å²) in [5, 5.41) is 9.39. The van der Waals surface area contributed by atoms with Gasteiger partial charge in [-0.05, 0) is 30.0 Å². The number of nitrogen functional groups attached to an aromatic ring is 1. The lowest BCUT2D eigenvalue weighted by atomic mass is 10.2. The number of nitriles is 1. The lowest BCUT2D eigenvalue weighted by molar-refractivity contribution is 0.378. The Balaban J connectivity index is 2.42. The highest BCUT2D eigenvalue weighted by molar-refractivity contribution is 7.99. The number of rotatable bonds is 5. The molecule has 0 amide bonds. The van der Waals surface area contributed by atoms with Crippen molar-refractivity contribution >= 4 is 17.4 Å². The van der Waals surface area contributed by atoms with Gasteiger partial charge < -0.3 is 15.2 Å². The molecule has 0 spiro atoms. The van der Waals surface area contributed by atoms with E-state index in [1.807, 2.05) is 19.1 Å². The molecule has 0 fully saturated rings. The zero-order valence-corrected chi connectivity index (χ0v) is 12.7. The summed E-state index contributed by atoms with van der Waals surface area (Å²) in [6.45, 7) is 2.04. The molecule has 0 aliphatic carbocycles. The van der Waals surface area contributed by atoms with Gasteiger partial charge in [0, 0.05) is 16.6 Å². The number of benzene rings is 2. The van der Waals surface area contributed by atoms with E-state index in [1.54, 1.807) is 43.1 Å². The number of ether oxygens (including phenoxy) is 2. The average Bonchev–Trinajstić information content (AvgIpc) is 2.48. The van der Waals surface area contributed by atoms with Crippen molar-refractivity contribution in [2.45, 2.75) is 11.8 Å². The first-order valence-electron chi connectivity index (χ1n) is 6.46. The Morgan fingerprint density at radius 1 is 1.19 bits per heavy atom. The molecule has 0 saturated carbocycles.